The predicted molar refractivity (Wildman–Crippen MR) is 239 cm³/mol. The number of benzene rings is 4. The largest absolute Gasteiger partial charge is 0.438 e. The first-order chi connectivity index (χ1) is 29.2. The van der Waals surface area contributed by atoms with Crippen LogP contribution >= 0.6 is 45.2 Å². The van der Waals surface area contributed by atoms with Crippen molar-refractivity contribution in [3.05, 3.63) is 172 Å². The van der Waals surface area contributed by atoms with Gasteiger partial charge in [-0.05, 0) is 126 Å². The summed E-state index contributed by atoms with van der Waals surface area (Å²) in [5.74, 6) is -1.28. The first-order valence-corrected chi connectivity index (χ1v) is 20.5. The molecular weight excluding hydrogens is 1040 g/mol. The van der Waals surface area contributed by atoms with Crippen LogP contribution < -0.4 is 26.1 Å². The van der Waals surface area contributed by atoms with Crippen LogP contribution in [0, 0.1) is 27.9 Å². The summed E-state index contributed by atoms with van der Waals surface area (Å²) in [6.45, 7) is 6.66. The molecule has 0 spiro atoms. The molecule has 3 heterocycles. The number of rotatable bonds is 10. The third-order valence-electron chi connectivity index (χ3n) is 9.14. The number of hydrogen-bond acceptors (Lipinski definition) is 8. The highest BCUT2D eigenvalue weighted by molar-refractivity contribution is 14.1. The molecule has 0 fully saturated rings. The maximum Gasteiger partial charge on any atom is 0.421 e. The molecule has 0 aliphatic heterocycles. The molecule has 4 aromatic carbocycles. The lowest BCUT2D eigenvalue weighted by atomic mass is 10.1. The molecule has 0 saturated heterocycles. The SMILES string of the molecule is Cc1ccc(CNc2ccc(Oc3ncc(I)cc3C(F)(F)F)cc2C(N)=O)cc1.Cc1ccc(Cn2c(C)nc(=O)c3cc(Oc4ncc(I)cc4C(F)(F)F)ccc32)cc1. The molecule has 0 bridgehead atoms. The second-order valence-electron chi connectivity index (χ2n) is 13.8. The van der Waals surface area contributed by atoms with E-state index in [9.17, 15) is 35.9 Å². The van der Waals surface area contributed by atoms with Crippen molar-refractivity contribution >= 4 is 67.7 Å². The van der Waals surface area contributed by atoms with E-state index in [1.54, 1.807) is 58.2 Å². The monoisotopic (exact) mass is 1080 g/mol. The Kier molecular flexibility index (Phi) is 14.1. The van der Waals surface area contributed by atoms with Crippen LogP contribution in [0.25, 0.3) is 10.9 Å². The van der Waals surface area contributed by atoms with Crippen LogP contribution in [0.15, 0.2) is 114 Å². The number of halogens is 8. The van der Waals surface area contributed by atoms with Crippen LogP contribution in [0.3, 0.4) is 0 Å². The van der Waals surface area contributed by atoms with Gasteiger partial charge in [0.1, 0.15) is 28.5 Å². The van der Waals surface area contributed by atoms with E-state index in [2.05, 4.69) is 20.3 Å². The summed E-state index contributed by atoms with van der Waals surface area (Å²) in [4.78, 5) is 36.0. The number of pyridine rings is 2. The lowest BCUT2D eigenvalue weighted by molar-refractivity contribution is -0.139. The molecule has 7 rings (SSSR count). The molecule has 320 valence electrons. The van der Waals surface area contributed by atoms with Gasteiger partial charge in [-0.1, -0.05) is 59.7 Å². The van der Waals surface area contributed by atoms with Crippen LogP contribution in [0.1, 0.15) is 49.6 Å². The Hall–Kier alpha value is -5.77. The highest BCUT2D eigenvalue weighted by Gasteiger charge is 2.37. The fraction of sp³-hybridized carbons (Fsp3) is 0.159. The fourth-order valence-electron chi connectivity index (χ4n) is 6.00. The van der Waals surface area contributed by atoms with Crippen LogP contribution in [0.2, 0.25) is 0 Å². The van der Waals surface area contributed by atoms with Crippen LogP contribution in [-0.4, -0.2) is 25.4 Å². The number of nitrogens with zero attached hydrogens (tertiary/aromatic N) is 4. The number of anilines is 1. The second kappa shape index (κ2) is 19.1. The maximum atomic E-state index is 13.4. The molecule has 0 atom stereocenters. The number of hydrogen-bond donors (Lipinski definition) is 2. The van der Waals surface area contributed by atoms with E-state index in [1.165, 1.54) is 42.7 Å². The van der Waals surface area contributed by atoms with Gasteiger partial charge in [-0.2, -0.15) is 31.3 Å². The number of nitrogens with two attached hydrogens (primary N) is 1. The van der Waals surface area contributed by atoms with Gasteiger partial charge in [0.25, 0.3) is 11.5 Å². The average Bonchev–Trinajstić information content (AvgIpc) is 3.21. The van der Waals surface area contributed by atoms with E-state index in [4.69, 9.17) is 15.2 Å². The van der Waals surface area contributed by atoms with Crippen molar-refractivity contribution < 1.29 is 40.6 Å². The number of aromatic nitrogens is 4. The molecule has 0 saturated carbocycles. The van der Waals surface area contributed by atoms with Crippen molar-refractivity contribution in [2.45, 2.75) is 46.2 Å². The smallest absolute Gasteiger partial charge is 0.421 e. The topological polar surface area (TPSA) is 134 Å². The zero-order valence-corrected chi connectivity index (χ0v) is 37.1. The maximum absolute atomic E-state index is 13.4. The molecule has 0 aliphatic carbocycles. The van der Waals surface area contributed by atoms with Crippen molar-refractivity contribution in [3.8, 4) is 23.3 Å². The number of carbonyl (C=O) groups is 1. The molecule has 3 N–H and O–H groups in total. The van der Waals surface area contributed by atoms with Crippen LogP contribution in [-0.2, 0) is 25.4 Å². The summed E-state index contributed by atoms with van der Waals surface area (Å²) >= 11 is 3.50. The number of nitrogens with one attached hydrogen (secondary N) is 1. The van der Waals surface area contributed by atoms with E-state index >= 15 is 0 Å². The first kappa shape index (κ1) is 45.7. The summed E-state index contributed by atoms with van der Waals surface area (Å²) in [5.41, 5.74) is 8.43. The van der Waals surface area contributed by atoms with Gasteiger partial charge in [0.15, 0.2) is 0 Å². The molecule has 10 nitrogen and oxygen atoms in total. The van der Waals surface area contributed by atoms with Crippen molar-refractivity contribution in [1.82, 2.24) is 19.5 Å². The summed E-state index contributed by atoms with van der Waals surface area (Å²) in [5, 5.41) is 3.36. The summed E-state index contributed by atoms with van der Waals surface area (Å²) in [6.07, 6.45) is -6.71. The quantitative estimate of drug-likeness (QED) is 0.102. The van der Waals surface area contributed by atoms with Crippen molar-refractivity contribution in [2.24, 2.45) is 5.73 Å². The molecule has 3 aromatic heterocycles. The van der Waals surface area contributed by atoms with E-state index in [0.717, 1.165) is 34.4 Å². The normalized spacial score (nSPS) is 11.5. The van der Waals surface area contributed by atoms with Crippen LogP contribution in [0.5, 0.6) is 23.3 Å². The van der Waals surface area contributed by atoms with Crippen molar-refractivity contribution in [2.75, 3.05) is 5.32 Å². The van der Waals surface area contributed by atoms with Gasteiger partial charge in [-0.3, -0.25) is 9.59 Å². The molecule has 0 radical (unpaired) electrons. The Bertz CT molecular complexity index is 2820. The Balaban J connectivity index is 0.000000207. The third kappa shape index (κ3) is 11.6. The minimum absolute atomic E-state index is 0.0175. The van der Waals surface area contributed by atoms with E-state index in [0.29, 0.717) is 37.3 Å². The van der Waals surface area contributed by atoms with Gasteiger partial charge in [0.05, 0.1) is 16.5 Å². The van der Waals surface area contributed by atoms with Crippen molar-refractivity contribution in [1.29, 1.82) is 0 Å². The molecular formula is C44H34F6I2N6O4. The standard InChI is InChI=1S/C23H17F3IN3O2.C21H17F3IN3O2/c1-13-3-5-15(6-4-13)12-30-14(2)29-21(31)18-10-17(7-8-20(18)30)32-22-19(23(24,25)26)9-16(27)11-28-22;1-12-2-4-13(5-3-12)10-27-18-7-6-15(9-16(18)19(26)29)30-20-17(21(22,23)24)8-14(25)11-28-20/h3-11H,12H2,1-2H3;2-9,11,27H,10H2,1H3,(H2,26,29). The number of alkyl halides is 6. The Morgan fingerprint density at radius 2 is 1.21 bits per heavy atom. The number of ether oxygens (including phenoxy) is 2. The van der Waals surface area contributed by atoms with Gasteiger partial charge < -0.3 is 25.1 Å². The highest BCUT2D eigenvalue weighted by Crippen LogP contribution is 2.39. The molecule has 0 unspecified atom stereocenters. The summed E-state index contributed by atoms with van der Waals surface area (Å²) < 4.78 is 93.3. The molecule has 7 aromatic rings. The Morgan fingerprint density at radius 3 is 1.73 bits per heavy atom. The zero-order valence-electron chi connectivity index (χ0n) is 32.8. The molecule has 0 aliphatic rings. The van der Waals surface area contributed by atoms with E-state index < -0.39 is 46.7 Å². The number of fused-ring (bicyclic) bond motifs is 1. The van der Waals surface area contributed by atoms with E-state index in [1.807, 2.05) is 66.9 Å². The van der Waals surface area contributed by atoms with Gasteiger partial charge in [0.2, 0.25) is 11.8 Å². The van der Waals surface area contributed by atoms with Gasteiger partial charge in [-0.15, -0.1) is 0 Å². The number of primary amides is 1. The van der Waals surface area contributed by atoms with Gasteiger partial charge in [0, 0.05) is 38.3 Å². The van der Waals surface area contributed by atoms with Crippen molar-refractivity contribution in [3.63, 3.8) is 0 Å². The Morgan fingerprint density at radius 1 is 0.710 bits per heavy atom. The number of carbonyl (C=O) groups excluding carboxylic acids is 1. The number of aryl methyl sites for hydroxylation is 3. The summed E-state index contributed by atoms with van der Waals surface area (Å²) in [7, 11) is 0. The van der Waals surface area contributed by atoms with E-state index in [-0.39, 0.29) is 22.4 Å². The van der Waals surface area contributed by atoms with Crippen LogP contribution in [0.4, 0.5) is 32.0 Å². The predicted octanol–water partition coefficient (Wildman–Crippen LogP) is 11.4. The average molecular weight is 1080 g/mol. The minimum atomic E-state index is -4.63. The van der Waals surface area contributed by atoms with Gasteiger partial charge >= 0.3 is 12.4 Å². The van der Waals surface area contributed by atoms with Gasteiger partial charge in [-0.25, -0.2) is 9.97 Å². The molecule has 18 heteroatoms. The number of amides is 1. The Labute approximate surface area is 377 Å². The highest BCUT2D eigenvalue weighted by atomic mass is 127. The lowest BCUT2D eigenvalue weighted by Gasteiger charge is -2.16. The third-order valence-corrected chi connectivity index (χ3v) is 10.3. The minimum Gasteiger partial charge on any atom is -0.438 e. The first-order valence-electron chi connectivity index (χ1n) is 18.4. The molecule has 62 heavy (non-hydrogen) atoms. The summed E-state index contributed by atoms with van der Waals surface area (Å²) in [6, 6.07) is 26.6. The zero-order chi connectivity index (χ0) is 44.9. The molecule has 1 amide bonds. The lowest BCUT2D eigenvalue weighted by Crippen LogP contribution is -2.17. The fourth-order valence-corrected chi connectivity index (χ4v) is 6.90. The second-order valence-corrected chi connectivity index (χ2v) is 16.3.